The van der Waals surface area contributed by atoms with Crippen LogP contribution >= 0.6 is 0 Å². The molecule has 35 heavy (non-hydrogen) atoms. The van der Waals surface area contributed by atoms with Crippen LogP contribution in [-0.4, -0.2) is 33.8 Å². The summed E-state index contributed by atoms with van der Waals surface area (Å²) in [5.74, 6) is -2.60. The molecule has 0 radical (unpaired) electrons. The van der Waals surface area contributed by atoms with E-state index in [1.54, 1.807) is 48.5 Å². The Kier molecular flexibility index (Phi) is 6.63. The van der Waals surface area contributed by atoms with E-state index < -0.39 is 30.3 Å². The highest BCUT2D eigenvalue weighted by Gasteiger charge is 2.17. The van der Waals surface area contributed by atoms with E-state index in [1.807, 2.05) is 0 Å². The molecule has 10 heteroatoms. The molecule has 0 aliphatic carbocycles. The minimum absolute atomic E-state index is 0.0789. The van der Waals surface area contributed by atoms with Crippen molar-refractivity contribution in [1.82, 2.24) is 9.97 Å². The fourth-order valence-corrected chi connectivity index (χ4v) is 3.22. The molecule has 0 spiro atoms. The van der Waals surface area contributed by atoms with E-state index in [9.17, 15) is 19.2 Å². The van der Waals surface area contributed by atoms with E-state index in [2.05, 4.69) is 9.97 Å². The van der Waals surface area contributed by atoms with Gasteiger partial charge in [0.15, 0.2) is 11.5 Å². The van der Waals surface area contributed by atoms with E-state index in [-0.39, 0.29) is 23.3 Å². The number of carbonyl (C=O) groups excluding carboxylic acids is 4. The number of esters is 4. The summed E-state index contributed by atoms with van der Waals surface area (Å²) >= 11 is 0. The SMILES string of the molecule is CC(=O)Oc1cccc2ccc(OC(=O)CC(=O)Oc3ccc4cccc(OC(C)=O)c4n3)nc12. The largest absolute Gasteiger partial charge is 0.424 e. The molecule has 0 atom stereocenters. The lowest BCUT2D eigenvalue weighted by atomic mass is 10.2. The molecule has 4 rings (SSSR count). The topological polar surface area (TPSA) is 131 Å². The molecule has 0 unspecified atom stereocenters. The van der Waals surface area contributed by atoms with E-state index in [0.29, 0.717) is 21.8 Å². The molecule has 2 aromatic heterocycles. The highest BCUT2D eigenvalue weighted by molar-refractivity contribution is 5.94. The Morgan fingerprint density at radius 2 is 1.03 bits per heavy atom. The summed E-state index contributed by atoms with van der Waals surface area (Å²) in [7, 11) is 0. The Hall–Kier alpha value is -4.86. The van der Waals surface area contributed by atoms with Crippen LogP contribution in [0.5, 0.6) is 23.3 Å². The third-order valence-corrected chi connectivity index (χ3v) is 4.55. The van der Waals surface area contributed by atoms with Gasteiger partial charge in [0.1, 0.15) is 17.5 Å². The Labute approximate surface area is 198 Å². The predicted molar refractivity (Wildman–Crippen MR) is 122 cm³/mol. The second-order valence-corrected chi connectivity index (χ2v) is 7.27. The zero-order chi connectivity index (χ0) is 24.9. The van der Waals surface area contributed by atoms with Gasteiger partial charge in [-0.25, -0.2) is 9.97 Å². The fourth-order valence-electron chi connectivity index (χ4n) is 3.22. The second kappa shape index (κ2) is 9.96. The smallest absolute Gasteiger partial charge is 0.323 e. The average molecular weight is 474 g/mol. The Bertz CT molecular complexity index is 1370. The third-order valence-electron chi connectivity index (χ3n) is 4.55. The van der Waals surface area contributed by atoms with Gasteiger partial charge in [0.05, 0.1) is 0 Å². The summed E-state index contributed by atoms with van der Waals surface area (Å²) in [6.45, 7) is 2.52. The normalized spacial score (nSPS) is 10.6. The molecule has 0 saturated heterocycles. The number of nitrogens with zero attached hydrogens (tertiary/aromatic N) is 2. The predicted octanol–water partition coefficient (Wildman–Crippen LogP) is 3.53. The fraction of sp³-hybridized carbons (Fsp3) is 0.120. The lowest BCUT2D eigenvalue weighted by Crippen LogP contribution is -2.19. The van der Waals surface area contributed by atoms with Crippen LogP contribution in [0.3, 0.4) is 0 Å². The van der Waals surface area contributed by atoms with Gasteiger partial charge in [-0.15, -0.1) is 0 Å². The van der Waals surface area contributed by atoms with Crippen molar-refractivity contribution >= 4 is 45.7 Å². The van der Waals surface area contributed by atoms with E-state index in [1.165, 1.54) is 26.0 Å². The number of hydrogen-bond acceptors (Lipinski definition) is 10. The summed E-state index contributed by atoms with van der Waals surface area (Å²) in [5.41, 5.74) is 0.638. The molecule has 0 amide bonds. The first-order valence-corrected chi connectivity index (χ1v) is 10.4. The maximum atomic E-state index is 12.3. The number of aromatic nitrogens is 2. The Morgan fingerprint density at radius 1 is 0.600 bits per heavy atom. The number of para-hydroxylation sites is 2. The zero-order valence-corrected chi connectivity index (χ0v) is 18.6. The van der Waals surface area contributed by atoms with Crippen molar-refractivity contribution in [1.29, 1.82) is 0 Å². The molecule has 0 N–H and O–H groups in total. The Morgan fingerprint density at radius 3 is 1.43 bits per heavy atom. The molecule has 2 heterocycles. The quantitative estimate of drug-likeness (QED) is 0.232. The molecule has 0 bridgehead atoms. The highest BCUT2D eigenvalue weighted by Crippen LogP contribution is 2.27. The second-order valence-electron chi connectivity index (χ2n) is 7.27. The van der Waals surface area contributed by atoms with Gasteiger partial charge in [-0.2, -0.15) is 0 Å². The van der Waals surface area contributed by atoms with Gasteiger partial charge in [-0.05, 0) is 24.3 Å². The van der Waals surface area contributed by atoms with Crippen molar-refractivity contribution in [3.05, 3.63) is 60.7 Å². The van der Waals surface area contributed by atoms with Gasteiger partial charge < -0.3 is 18.9 Å². The lowest BCUT2D eigenvalue weighted by Gasteiger charge is -2.09. The standard InChI is InChI=1S/C25H18N2O8/c1-14(28)32-18-7-3-5-16-9-11-20(26-24(16)18)34-22(30)13-23(31)35-21-12-10-17-6-4-8-19(25(17)27-21)33-15(2)29/h3-12H,13H2,1-2H3. The van der Waals surface area contributed by atoms with Crippen LogP contribution in [0.1, 0.15) is 20.3 Å². The van der Waals surface area contributed by atoms with E-state index in [0.717, 1.165) is 0 Å². The molecule has 10 nitrogen and oxygen atoms in total. The van der Waals surface area contributed by atoms with Gasteiger partial charge in [-0.1, -0.05) is 24.3 Å². The first-order chi connectivity index (χ1) is 16.8. The summed E-state index contributed by atoms with van der Waals surface area (Å²) < 4.78 is 20.6. The van der Waals surface area contributed by atoms with Crippen molar-refractivity contribution < 1.29 is 38.1 Å². The van der Waals surface area contributed by atoms with E-state index in [4.69, 9.17) is 18.9 Å². The van der Waals surface area contributed by atoms with Crippen LogP contribution in [0.4, 0.5) is 0 Å². The number of rotatable bonds is 6. The molecule has 176 valence electrons. The van der Waals surface area contributed by atoms with Crippen molar-refractivity contribution in [2.75, 3.05) is 0 Å². The highest BCUT2D eigenvalue weighted by atomic mass is 16.6. The van der Waals surface area contributed by atoms with Crippen molar-refractivity contribution in [2.24, 2.45) is 0 Å². The Balaban J connectivity index is 1.45. The van der Waals surface area contributed by atoms with Gasteiger partial charge >= 0.3 is 23.9 Å². The number of benzene rings is 2. The molecule has 0 fully saturated rings. The van der Waals surface area contributed by atoms with Crippen molar-refractivity contribution in [3.8, 4) is 23.3 Å². The first kappa shape index (κ1) is 23.3. The van der Waals surface area contributed by atoms with Crippen LogP contribution in [0.25, 0.3) is 21.8 Å². The first-order valence-electron chi connectivity index (χ1n) is 10.4. The molecule has 2 aromatic carbocycles. The third kappa shape index (κ3) is 5.74. The van der Waals surface area contributed by atoms with Crippen LogP contribution in [0.15, 0.2) is 60.7 Å². The monoisotopic (exact) mass is 474 g/mol. The molecule has 0 aliphatic rings. The van der Waals surface area contributed by atoms with E-state index >= 15 is 0 Å². The van der Waals surface area contributed by atoms with Gasteiger partial charge in [0, 0.05) is 36.8 Å². The minimum atomic E-state index is -0.909. The summed E-state index contributed by atoms with van der Waals surface area (Å²) in [5, 5.41) is 1.33. The summed E-state index contributed by atoms with van der Waals surface area (Å²) in [6, 6.07) is 16.2. The molecule has 4 aromatic rings. The van der Waals surface area contributed by atoms with Crippen LogP contribution in [-0.2, 0) is 19.2 Å². The molecular weight excluding hydrogens is 456 g/mol. The maximum Gasteiger partial charge on any atom is 0.323 e. The van der Waals surface area contributed by atoms with Crippen LogP contribution < -0.4 is 18.9 Å². The van der Waals surface area contributed by atoms with Crippen molar-refractivity contribution in [2.45, 2.75) is 20.3 Å². The average Bonchev–Trinajstić information content (AvgIpc) is 2.79. The van der Waals surface area contributed by atoms with Crippen LogP contribution in [0, 0.1) is 0 Å². The van der Waals surface area contributed by atoms with Gasteiger partial charge in [-0.3, -0.25) is 19.2 Å². The number of ether oxygens (including phenoxy) is 4. The number of fused-ring (bicyclic) bond motifs is 2. The number of pyridine rings is 2. The molecular formula is C25H18N2O8. The van der Waals surface area contributed by atoms with Gasteiger partial charge in [0.2, 0.25) is 11.8 Å². The minimum Gasteiger partial charge on any atom is -0.424 e. The van der Waals surface area contributed by atoms with Crippen LogP contribution in [0.2, 0.25) is 0 Å². The summed E-state index contributed by atoms with van der Waals surface area (Å²) in [4.78, 5) is 55.6. The molecule has 0 saturated carbocycles. The molecule has 0 aliphatic heterocycles. The number of hydrogen-bond donors (Lipinski definition) is 0. The zero-order valence-electron chi connectivity index (χ0n) is 18.6. The number of carbonyl (C=O) groups is 4. The lowest BCUT2D eigenvalue weighted by molar-refractivity contribution is -0.144. The summed E-state index contributed by atoms with van der Waals surface area (Å²) in [6.07, 6.45) is -0.712. The maximum absolute atomic E-state index is 12.3. The van der Waals surface area contributed by atoms with Crippen molar-refractivity contribution in [3.63, 3.8) is 0 Å². The van der Waals surface area contributed by atoms with Gasteiger partial charge in [0.25, 0.3) is 0 Å².